The molecule has 17 heavy (non-hydrogen) atoms. The van der Waals surface area contributed by atoms with E-state index in [1.807, 2.05) is 19.1 Å². The highest BCUT2D eigenvalue weighted by Crippen LogP contribution is 2.28. The smallest absolute Gasteiger partial charge is 0.147 e. The second-order valence-electron chi connectivity index (χ2n) is 4.04. The Morgan fingerprint density at radius 1 is 1.41 bits per heavy atom. The standard InChI is InChI=1S/C11H17BrN2O2S/c1-8-9(12)4-5-10(11(8)13)14-6-3-7-17(2,15)16/h4-5,14H,3,6-7,13H2,1-2H3. The Kier molecular flexibility index (Phi) is 4.82. The summed E-state index contributed by atoms with van der Waals surface area (Å²) in [4.78, 5) is 0. The van der Waals surface area contributed by atoms with E-state index in [1.165, 1.54) is 6.26 Å². The van der Waals surface area contributed by atoms with Crippen molar-refractivity contribution in [1.29, 1.82) is 0 Å². The summed E-state index contributed by atoms with van der Waals surface area (Å²) in [5, 5.41) is 3.14. The van der Waals surface area contributed by atoms with Gasteiger partial charge in [0.2, 0.25) is 0 Å². The number of benzene rings is 1. The van der Waals surface area contributed by atoms with Crippen molar-refractivity contribution in [3.63, 3.8) is 0 Å². The molecule has 6 heteroatoms. The molecule has 0 aliphatic rings. The third kappa shape index (κ3) is 4.55. The zero-order valence-corrected chi connectivity index (χ0v) is 12.4. The predicted molar refractivity (Wildman–Crippen MR) is 76.1 cm³/mol. The van der Waals surface area contributed by atoms with Gasteiger partial charge >= 0.3 is 0 Å². The first-order valence-electron chi connectivity index (χ1n) is 5.27. The molecule has 0 fully saturated rings. The van der Waals surface area contributed by atoms with Gasteiger partial charge in [-0.3, -0.25) is 0 Å². The lowest BCUT2D eigenvalue weighted by Gasteiger charge is -2.12. The highest BCUT2D eigenvalue weighted by Gasteiger charge is 2.05. The van der Waals surface area contributed by atoms with Crippen molar-refractivity contribution >= 4 is 37.1 Å². The molecule has 3 N–H and O–H groups in total. The van der Waals surface area contributed by atoms with Crippen LogP contribution in [0.15, 0.2) is 16.6 Å². The molecule has 96 valence electrons. The van der Waals surface area contributed by atoms with Gasteiger partial charge in [0.05, 0.1) is 17.1 Å². The molecule has 0 unspecified atom stereocenters. The molecule has 4 nitrogen and oxygen atoms in total. The van der Waals surface area contributed by atoms with Crippen LogP contribution in [0.25, 0.3) is 0 Å². The van der Waals surface area contributed by atoms with Gasteiger partial charge in [-0.2, -0.15) is 0 Å². The van der Waals surface area contributed by atoms with Gasteiger partial charge < -0.3 is 11.1 Å². The van der Waals surface area contributed by atoms with Crippen molar-refractivity contribution in [2.45, 2.75) is 13.3 Å². The van der Waals surface area contributed by atoms with Crippen LogP contribution in [-0.4, -0.2) is 27.0 Å². The number of sulfone groups is 1. The largest absolute Gasteiger partial charge is 0.397 e. The highest BCUT2D eigenvalue weighted by molar-refractivity contribution is 9.10. The van der Waals surface area contributed by atoms with Crippen LogP contribution in [0.2, 0.25) is 0 Å². The van der Waals surface area contributed by atoms with Gasteiger partial charge in [-0.15, -0.1) is 0 Å². The van der Waals surface area contributed by atoms with Gasteiger partial charge in [0.15, 0.2) is 0 Å². The van der Waals surface area contributed by atoms with Crippen molar-refractivity contribution in [2.75, 3.05) is 29.6 Å². The Morgan fingerprint density at radius 3 is 2.65 bits per heavy atom. The summed E-state index contributed by atoms with van der Waals surface area (Å²) in [7, 11) is -2.88. The molecule has 0 amide bonds. The van der Waals surface area contributed by atoms with E-state index in [-0.39, 0.29) is 5.75 Å². The van der Waals surface area contributed by atoms with Crippen LogP contribution in [0.4, 0.5) is 11.4 Å². The number of halogens is 1. The van der Waals surface area contributed by atoms with Crippen LogP contribution < -0.4 is 11.1 Å². The fourth-order valence-electron chi connectivity index (χ4n) is 1.41. The van der Waals surface area contributed by atoms with E-state index >= 15 is 0 Å². The Bertz CT molecular complexity index is 500. The first-order valence-corrected chi connectivity index (χ1v) is 8.13. The van der Waals surface area contributed by atoms with Gasteiger partial charge in [0, 0.05) is 17.3 Å². The summed E-state index contributed by atoms with van der Waals surface area (Å²) in [5.74, 6) is 0.190. The van der Waals surface area contributed by atoms with Crippen LogP contribution in [0.1, 0.15) is 12.0 Å². The van der Waals surface area contributed by atoms with Gasteiger partial charge in [-0.25, -0.2) is 8.42 Å². The van der Waals surface area contributed by atoms with Gasteiger partial charge in [0.25, 0.3) is 0 Å². The van der Waals surface area contributed by atoms with E-state index in [1.54, 1.807) is 0 Å². The maximum absolute atomic E-state index is 10.9. The molecule has 0 heterocycles. The lowest BCUT2D eigenvalue weighted by atomic mass is 10.1. The maximum atomic E-state index is 10.9. The van der Waals surface area contributed by atoms with Crippen LogP contribution in [0.3, 0.4) is 0 Å². The predicted octanol–water partition coefficient (Wildman–Crippen LogP) is 2.19. The molecule has 0 saturated heterocycles. The first-order chi connectivity index (χ1) is 7.81. The van der Waals surface area contributed by atoms with Crippen LogP contribution in [-0.2, 0) is 9.84 Å². The molecule has 1 rings (SSSR count). The fraction of sp³-hybridized carbons (Fsp3) is 0.455. The summed E-state index contributed by atoms with van der Waals surface area (Å²) in [6.07, 6.45) is 1.82. The van der Waals surface area contributed by atoms with E-state index in [0.717, 1.165) is 15.7 Å². The number of nitrogens with two attached hydrogens (primary N) is 1. The van der Waals surface area contributed by atoms with E-state index in [4.69, 9.17) is 5.73 Å². The number of hydrogen-bond acceptors (Lipinski definition) is 4. The van der Waals surface area contributed by atoms with Crippen LogP contribution >= 0.6 is 15.9 Å². The molecule has 1 aromatic rings. The molecule has 0 aromatic heterocycles. The zero-order chi connectivity index (χ0) is 13.1. The number of hydrogen-bond donors (Lipinski definition) is 2. The minimum absolute atomic E-state index is 0.190. The molecule has 0 radical (unpaired) electrons. The molecule has 0 atom stereocenters. The topological polar surface area (TPSA) is 72.2 Å². The summed E-state index contributed by atoms with van der Waals surface area (Å²) < 4.78 is 22.9. The number of anilines is 2. The zero-order valence-electron chi connectivity index (χ0n) is 9.96. The average molecular weight is 321 g/mol. The summed E-state index contributed by atoms with van der Waals surface area (Å²) in [6.45, 7) is 2.53. The molecule has 0 saturated carbocycles. The minimum atomic E-state index is -2.88. The lowest BCUT2D eigenvalue weighted by molar-refractivity contribution is 0.600. The minimum Gasteiger partial charge on any atom is -0.397 e. The van der Waals surface area contributed by atoms with Crippen LogP contribution in [0, 0.1) is 6.92 Å². The first kappa shape index (κ1) is 14.3. The number of nitrogen functional groups attached to an aromatic ring is 1. The maximum Gasteiger partial charge on any atom is 0.147 e. The SMILES string of the molecule is Cc1c(Br)ccc(NCCCS(C)(=O)=O)c1N. The number of rotatable bonds is 5. The van der Waals surface area contributed by atoms with Gasteiger partial charge in [0.1, 0.15) is 9.84 Å². The molecular formula is C11H17BrN2O2S. The van der Waals surface area contributed by atoms with Gasteiger partial charge in [-0.05, 0) is 31.0 Å². The Morgan fingerprint density at radius 2 is 2.06 bits per heavy atom. The lowest BCUT2D eigenvalue weighted by Crippen LogP contribution is -2.11. The Balaban J connectivity index is 2.56. The Labute approximate surface area is 111 Å². The van der Waals surface area contributed by atoms with Crippen molar-refractivity contribution in [3.05, 3.63) is 22.2 Å². The van der Waals surface area contributed by atoms with Crippen molar-refractivity contribution in [3.8, 4) is 0 Å². The average Bonchev–Trinajstić information content (AvgIpc) is 2.22. The summed E-state index contributed by atoms with van der Waals surface area (Å²) >= 11 is 3.40. The van der Waals surface area contributed by atoms with Crippen molar-refractivity contribution in [1.82, 2.24) is 0 Å². The van der Waals surface area contributed by atoms with E-state index < -0.39 is 9.84 Å². The molecule has 1 aromatic carbocycles. The molecule has 0 aliphatic carbocycles. The Hall–Kier alpha value is -0.750. The summed E-state index contributed by atoms with van der Waals surface area (Å²) in [5.41, 5.74) is 8.46. The van der Waals surface area contributed by atoms with Gasteiger partial charge in [-0.1, -0.05) is 15.9 Å². The quantitative estimate of drug-likeness (QED) is 0.644. The third-order valence-electron chi connectivity index (χ3n) is 2.46. The monoisotopic (exact) mass is 320 g/mol. The second-order valence-corrected chi connectivity index (χ2v) is 7.16. The van der Waals surface area contributed by atoms with E-state index in [0.29, 0.717) is 18.7 Å². The normalized spacial score (nSPS) is 11.5. The fourth-order valence-corrected chi connectivity index (χ4v) is 2.43. The van der Waals surface area contributed by atoms with Crippen molar-refractivity contribution in [2.24, 2.45) is 0 Å². The molecular weight excluding hydrogens is 304 g/mol. The highest BCUT2D eigenvalue weighted by atomic mass is 79.9. The third-order valence-corrected chi connectivity index (χ3v) is 4.35. The summed E-state index contributed by atoms with van der Waals surface area (Å²) in [6, 6.07) is 3.80. The molecule has 0 bridgehead atoms. The molecule has 0 aliphatic heterocycles. The molecule has 0 spiro atoms. The second kappa shape index (κ2) is 5.73. The van der Waals surface area contributed by atoms with E-state index in [9.17, 15) is 8.42 Å². The number of nitrogens with one attached hydrogen (secondary N) is 1. The van der Waals surface area contributed by atoms with Crippen molar-refractivity contribution < 1.29 is 8.42 Å². The van der Waals surface area contributed by atoms with E-state index in [2.05, 4.69) is 21.2 Å². The van der Waals surface area contributed by atoms with Crippen LogP contribution in [0.5, 0.6) is 0 Å².